The Morgan fingerprint density at radius 2 is 2.28 bits per heavy atom. The third-order valence-corrected chi connectivity index (χ3v) is 4.61. The largest absolute Gasteiger partial charge is 0.352 e. The van der Waals surface area contributed by atoms with Crippen LogP contribution >= 0.6 is 0 Å². The van der Waals surface area contributed by atoms with Crippen LogP contribution in [-0.4, -0.2) is 36.0 Å². The number of fused-ring (bicyclic) bond motifs is 1. The van der Waals surface area contributed by atoms with Gasteiger partial charge in [-0.15, -0.1) is 0 Å². The number of carbonyl (C=O) groups is 1. The highest BCUT2D eigenvalue weighted by Crippen LogP contribution is 2.28. The molecule has 2 aliphatic heterocycles. The third-order valence-electron chi connectivity index (χ3n) is 4.61. The van der Waals surface area contributed by atoms with Crippen LogP contribution in [0.5, 0.6) is 0 Å². The lowest BCUT2D eigenvalue weighted by molar-refractivity contribution is -0.128. The molecule has 0 aromatic carbocycles. The van der Waals surface area contributed by atoms with Crippen LogP contribution in [0.4, 0.5) is 0 Å². The highest BCUT2D eigenvalue weighted by molar-refractivity contribution is 5.85. The van der Waals surface area contributed by atoms with Gasteiger partial charge in [0.2, 0.25) is 5.91 Å². The van der Waals surface area contributed by atoms with Crippen molar-refractivity contribution in [3.8, 4) is 6.07 Å². The maximum absolute atomic E-state index is 12.1. The average molecular weight is 249 g/mol. The Labute approximate surface area is 109 Å². The molecule has 4 nitrogen and oxygen atoms in total. The first kappa shape index (κ1) is 13.4. The molecular formula is C14H23N3O. The van der Waals surface area contributed by atoms with Gasteiger partial charge in [-0.2, -0.15) is 5.26 Å². The molecule has 1 N–H and O–H groups in total. The van der Waals surface area contributed by atoms with Crippen LogP contribution in [0, 0.1) is 16.7 Å². The molecule has 0 aromatic rings. The van der Waals surface area contributed by atoms with Gasteiger partial charge in [-0.1, -0.05) is 6.92 Å². The number of carbonyl (C=O) groups excluding carboxylic acids is 1. The molecule has 0 aliphatic carbocycles. The molecule has 4 heteroatoms. The quantitative estimate of drug-likeness (QED) is 0.827. The summed E-state index contributed by atoms with van der Waals surface area (Å²) in [6.45, 7) is 5.93. The SMILES string of the molecule is CCC(C)(C#N)C(=O)NC1CCN2CCCC2C1. The molecule has 3 unspecified atom stereocenters. The summed E-state index contributed by atoms with van der Waals surface area (Å²) in [5, 5.41) is 12.2. The molecule has 0 radical (unpaired) electrons. The second-order valence-electron chi connectivity index (χ2n) is 5.82. The number of nitrogens with zero attached hydrogens (tertiary/aromatic N) is 2. The first-order valence-corrected chi connectivity index (χ1v) is 7.05. The summed E-state index contributed by atoms with van der Waals surface area (Å²) in [4.78, 5) is 14.7. The minimum absolute atomic E-state index is 0.0936. The van der Waals surface area contributed by atoms with E-state index in [1.54, 1.807) is 6.92 Å². The number of hydrogen-bond donors (Lipinski definition) is 1. The Balaban J connectivity index is 1.90. The summed E-state index contributed by atoms with van der Waals surface area (Å²) in [7, 11) is 0. The molecule has 3 atom stereocenters. The van der Waals surface area contributed by atoms with Crippen molar-refractivity contribution in [3.63, 3.8) is 0 Å². The Hall–Kier alpha value is -1.08. The van der Waals surface area contributed by atoms with Gasteiger partial charge < -0.3 is 10.2 Å². The zero-order valence-electron chi connectivity index (χ0n) is 11.4. The Morgan fingerprint density at radius 1 is 1.50 bits per heavy atom. The van der Waals surface area contributed by atoms with E-state index in [1.165, 1.54) is 19.4 Å². The van der Waals surface area contributed by atoms with Gasteiger partial charge in [0.05, 0.1) is 6.07 Å². The zero-order valence-corrected chi connectivity index (χ0v) is 11.4. The molecule has 0 bridgehead atoms. The molecular weight excluding hydrogens is 226 g/mol. The molecule has 0 aromatic heterocycles. The van der Waals surface area contributed by atoms with E-state index in [-0.39, 0.29) is 11.9 Å². The number of piperidine rings is 1. The molecule has 1 amide bonds. The van der Waals surface area contributed by atoms with E-state index in [0.717, 1.165) is 19.4 Å². The van der Waals surface area contributed by atoms with Crippen molar-refractivity contribution in [1.29, 1.82) is 5.26 Å². The standard InChI is InChI=1S/C14H23N3O/c1-3-14(2,10-15)13(18)16-11-6-8-17-7-4-5-12(17)9-11/h11-12H,3-9H2,1-2H3,(H,16,18). The fourth-order valence-corrected chi connectivity index (χ4v) is 2.99. The summed E-state index contributed by atoms with van der Waals surface area (Å²) >= 11 is 0. The molecule has 0 saturated carbocycles. The second-order valence-corrected chi connectivity index (χ2v) is 5.82. The summed E-state index contributed by atoms with van der Waals surface area (Å²) in [6.07, 6.45) is 5.19. The van der Waals surface area contributed by atoms with Crippen molar-refractivity contribution in [2.75, 3.05) is 13.1 Å². The van der Waals surface area contributed by atoms with Crippen molar-refractivity contribution in [1.82, 2.24) is 10.2 Å². The Morgan fingerprint density at radius 3 is 2.94 bits per heavy atom. The number of nitrogens with one attached hydrogen (secondary N) is 1. The zero-order chi connectivity index (χ0) is 13.2. The molecule has 2 fully saturated rings. The fraction of sp³-hybridized carbons (Fsp3) is 0.857. The van der Waals surface area contributed by atoms with Crippen molar-refractivity contribution in [3.05, 3.63) is 0 Å². The van der Waals surface area contributed by atoms with Crippen LogP contribution in [0.1, 0.15) is 46.0 Å². The third kappa shape index (κ3) is 2.51. The number of amides is 1. The van der Waals surface area contributed by atoms with E-state index in [1.807, 2.05) is 6.92 Å². The summed E-state index contributed by atoms with van der Waals surface area (Å²) < 4.78 is 0. The lowest BCUT2D eigenvalue weighted by atomic mass is 9.87. The predicted octanol–water partition coefficient (Wildman–Crippen LogP) is 1.67. The van der Waals surface area contributed by atoms with Gasteiger partial charge in [0.25, 0.3) is 0 Å². The highest BCUT2D eigenvalue weighted by atomic mass is 16.2. The van der Waals surface area contributed by atoms with Crippen molar-refractivity contribution >= 4 is 5.91 Å². The number of rotatable bonds is 3. The molecule has 100 valence electrons. The van der Waals surface area contributed by atoms with E-state index >= 15 is 0 Å². The van der Waals surface area contributed by atoms with Crippen LogP contribution in [0.3, 0.4) is 0 Å². The summed E-state index contributed by atoms with van der Waals surface area (Å²) in [6, 6.07) is 3.05. The maximum atomic E-state index is 12.1. The molecule has 18 heavy (non-hydrogen) atoms. The smallest absolute Gasteiger partial charge is 0.240 e. The first-order valence-electron chi connectivity index (χ1n) is 7.05. The van der Waals surface area contributed by atoms with E-state index in [2.05, 4.69) is 16.3 Å². The van der Waals surface area contributed by atoms with Gasteiger partial charge in [-0.05, 0) is 45.6 Å². The van der Waals surface area contributed by atoms with Crippen LogP contribution < -0.4 is 5.32 Å². The fourth-order valence-electron chi connectivity index (χ4n) is 2.99. The van der Waals surface area contributed by atoms with E-state index in [4.69, 9.17) is 5.26 Å². The van der Waals surface area contributed by atoms with Crippen LogP contribution in [0.15, 0.2) is 0 Å². The van der Waals surface area contributed by atoms with Crippen molar-refractivity contribution < 1.29 is 4.79 Å². The van der Waals surface area contributed by atoms with Gasteiger partial charge in [0.15, 0.2) is 0 Å². The van der Waals surface area contributed by atoms with Crippen molar-refractivity contribution in [2.45, 2.75) is 58.0 Å². The molecule has 2 heterocycles. The predicted molar refractivity (Wildman–Crippen MR) is 69.8 cm³/mol. The lowest BCUT2D eigenvalue weighted by Crippen LogP contribution is -2.50. The van der Waals surface area contributed by atoms with Crippen LogP contribution in [-0.2, 0) is 4.79 Å². The van der Waals surface area contributed by atoms with Gasteiger partial charge in [-0.3, -0.25) is 4.79 Å². The second kappa shape index (κ2) is 5.27. The normalized spacial score (nSPS) is 31.2. The van der Waals surface area contributed by atoms with E-state index in [9.17, 15) is 4.79 Å². The molecule has 0 spiro atoms. The van der Waals surface area contributed by atoms with Gasteiger partial charge in [0, 0.05) is 18.6 Å². The average Bonchev–Trinajstić information content (AvgIpc) is 2.85. The maximum Gasteiger partial charge on any atom is 0.240 e. The van der Waals surface area contributed by atoms with Crippen molar-refractivity contribution in [2.24, 2.45) is 5.41 Å². The highest BCUT2D eigenvalue weighted by Gasteiger charge is 2.36. The first-order chi connectivity index (χ1) is 8.59. The van der Waals surface area contributed by atoms with Crippen LogP contribution in [0.25, 0.3) is 0 Å². The van der Waals surface area contributed by atoms with Gasteiger partial charge in [-0.25, -0.2) is 0 Å². The monoisotopic (exact) mass is 249 g/mol. The van der Waals surface area contributed by atoms with E-state index in [0.29, 0.717) is 12.5 Å². The van der Waals surface area contributed by atoms with Crippen LogP contribution in [0.2, 0.25) is 0 Å². The Kier molecular flexibility index (Phi) is 3.91. The minimum Gasteiger partial charge on any atom is -0.352 e. The molecule has 2 aliphatic rings. The number of nitriles is 1. The Bertz CT molecular complexity index is 363. The minimum atomic E-state index is -0.868. The summed E-state index contributed by atoms with van der Waals surface area (Å²) in [5.74, 6) is -0.0936. The molecule has 2 rings (SSSR count). The number of hydrogen-bond acceptors (Lipinski definition) is 3. The van der Waals surface area contributed by atoms with Gasteiger partial charge >= 0.3 is 0 Å². The van der Waals surface area contributed by atoms with E-state index < -0.39 is 5.41 Å². The lowest BCUT2D eigenvalue weighted by Gasteiger charge is -2.36. The summed E-state index contributed by atoms with van der Waals surface area (Å²) in [5.41, 5.74) is -0.868. The van der Waals surface area contributed by atoms with Gasteiger partial charge in [0.1, 0.15) is 5.41 Å². The molecule has 2 saturated heterocycles. The topological polar surface area (TPSA) is 56.1 Å².